The molecule has 0 saturated carbocycles. The Morgan fingerprint density at radius 2 is 1.74 bits per heavy atom. The number of rotatable bonds is 6. The van der Waals surface area contributed by atoms with Gasteiger partial charge in [-0.2, -0.15) is 4.98 Å². The minimum absolute atomic E-state index is 0.00561. The molecule has 11 heteroatoms. The van der Waals surface area contributed by atoms with Crippen LogP contribution in [0.3, 0.4) is 0 Å². The molecular formula is C23H21F2N5O3S. The summed E-state index contributed by atoms with van der Waals surface area (Å²) < 4.78 is 58.0. The fraction of sp³-hybridized carbons (Fsp3) is 0.174. The van der Waals surface area contributed by atoms with E-state index in [2.05, 4.69) is 9.97 Å². The molecule has 2 aromatic heterocycles. The van der Waals surface area contributed by atoms with Gasteiger partial charge in [0.1, 0.15) is 11.3 Å². The summed E-state index contributed by atoms with van der Waals surface area (Å²) in [6, 6.07) is 11.1. The van der Waals surface area contributed by atoms with Crippen LogP contribution in [0.4, 0.5) is 20.4 Å². The van der Waals surface area contributed by atoms with Gasteiger partial charge in [0.15, 0.2) is 11.6 Å². The smallest absolute Gasteiger partial charge is 0.260 e. The molecule has 0 bridgehead atoms. The minimum Gasteiger partial charge on any atom is -0.368 e. The van der Waals surface area contributed by atoms with E-state index in [1.54, 1.807) is 44.2 Å². The molecule has 2 aromatic carbocycles. The fourth-order valence-corrected chi connectivity index (χ4v) is 4.84. The van der Waals surface area contributed by atoms with Crippen LogP contribution >= 0.6 is 0 Å². The lowest BCUT2D eigenvalue weighted by Gasteiger charge is -2.16. The molecule has 0 saturated heterocycles. The van der Waals surface area contributed by atoms with Crippen molar-refractivity contribution >= 4 is 32.7 Å². The molecular weight excluding hydrogens is 464 g/mol. The zero-order chi connectivity index (χ0) is 24.6. The molecule has 0 radical (unpaired) electrons. The van der Waals surface area contributed by atoms with E-state index in [1.807, 2.05) is 4.72 Å². The van der Waals surface area contributed by atoms with Crippen LogP contribution in [-0.4, -0.2) is 23.0 Å². The third-order valence-electron chi connectivity index (χ3n) is 5.12. The highest BCUT2D eigenvalue weighted by molar-refractivity contribution is 7.91. The normalized spacial score (nSPS) is 11.8. The minimum atomic E-state index is -4.09. The highest BCUT2D eigenvalue weighted by Crippen LogP contribution is 2.29. The average Bonchev–Trinajstić information content (AvgIpc) is 2.76. The summed E-state index contributed by atoms with van der Waals surface area (Å²) in [5.74, 6) is -2.79. The number of sulfonamides is 1. The number of nitrogens with two attached hydrogens (primary N) is 1. The number of hydrogen-bond acceptors (Lipinski definition) is 6. The lowest BCUT2D eigenvalue weighted by Crippen LogP contribution is -2.25. The third-order valence-corrected chi connectivity index (χ3v) is 6.35. The molecule has 2 heterocycles. The van der Waals surface area contributed by atoms with Gasteiger partial charge < -0.3 is 5.73 Å². The number of hydrogen-bond donors (Lipinski definition) is 2. The Morgan fingerprint density at radius 3 is 2.35 bits per heavy atom. The predicted octanol–water partition coefficient (Wildman–Crippen LogP) is 3.84. The third kappa shape index (κ3) is 4.60. The maximum atomic E-state index is 14.9. The van der Waals surface area contributed by atoms with Crippen LogP contribution in [0.5, 0.6) is 0 Å². The van der Waals surface area contributed by atoms with Crippen LogP contribution in [0.1, 0.15) is 25.5 Å². The van der Waals surface area contributed by atoms with E-state index < -0.39 is 38.7 Å². The zero-order valence-electron chi connectivity index (χ0n) is 18.3. The summed E-state index contributed by atoms with van der Waals surface area (Å²) in [7, 11) is -4.09. The quantitative estimate of drug-likeness (QED) is 0.428. The summed E-state index contributed by atoms with van der Waals surface area (Å²) in [5.41, 5.74) is 5.01. The number of fused-ring (bicyclic) bond motifs is 1. The molecule has 0 aliphatic rings. The summed E-state index contributed by atoms with van der Waals surface area (Å²) in [6.45, 7) is 3.52. The van der Waals surface area contributed by atoms with Crippen molar-refractivity contribution in [3.05, 3.63) is 82.3 Å². The first-order valence-corrected chi connectivity index (χ1v) is 11.9. The van der Waals surface area contributed by atoms with Crippen LogP contribution in [0.15, 0.2) is 59.5 Å². The Labute approximate surface area is 194 Å². The van der Waals surface area contributed by atoms with Gasteiger partial charge in [0, 0.05) is 23.2 Å². The first kappa shape index (κ1) is 23.3. The van der Waals surface area contributed by atoms with Gasteiger partial charge in [-0.1, -0.05) is 30.3 Å². The number of benzene rings is 2. The maximum Gasteiger partial charge on any atom is 0.260 e. The second-order valence-corrected chi connectivity index (χ2v) is 9.72. The van der Waals surface area contributed by atoms with E-state index in [9.17, 15) is 22.0 Å². The standard InChI is InChI=1S/C23H21F2N5O3S/c1-13(2)30-21-16(11-27-23(26)28-21)8-17(22(30)31)15-9-18(24)20(19(25)10-15)29-34(32,33)12-14-6-4-3-5-7-14/h3-11,13,29H,12H2,1-2H3,(H2,26,27,28). The van der Waals surface area contributed by atoms with Crippen LogP contribution < -0.4 is 16.0 Å². The van der Waals surface area contributed by atoms with Crippen LogP contribution in [0.25, 0.3) is 22.2 Å². The SMILES string of the molecule is CC(C)n1c(=O)c(-c2cc(F)c(NS(=O)(=O)Cc3ccccc3)c(F)c2)cc2cnc(N)nc21. The topological polar surface area (TPSA) is 120 Å². The van der Waals surface area contributed by atoms with Crippen LogP contribution in [0, 0.1) is 11.6 Å². The van der Waals surface area contributed by atoms with Crippen molar-refractivity contribution in [1.82, 2.24) is 14.5 Å². The average molecular weight is 486 g/mol. The van der Waals surface area contributed by atoms with Gasteiger partial charge in [0.2, 0.25) is 16.0 Å². The van der Waals surface area contributed by atoms with Crippen molar-refractivity contribution in [2.75, 3.05) is 10.5 Å². The van der Waals surface area contributed by atoms with Gasteiger partial charge in [-0.15, -0.1) is 0 Å². The van der Waals surface area contributed by atoms with Crippen molar-refractivity contribution in [3.63, 3.8) is 0 Å². The highest BCUT2D eigenvalue weighted by atomic mass is 32.2. The van der Waals surface area contributed by atoms with Crippen LogP contribution in [-0.2, 0) is 15.8 Å². The van der Waals surface area contributed by atoms with Crippen LogP contribution in [0.2, 0.25) is 0 Å². The number of pyridine rings is 1. The summed E-state index contributed by atoms with van der Waals surface area (Å²) in [6.07, 6.45) is 1.41. The maximum absolute atomic E-state index is 14.9. The molecule has 0 aliphatic carbocycles. The molecule has 0 atom stereocenters. The van der Waals surface area contributed by atoms with E-state index in [4.69, 9.17) is 5.73 Å². The number of nitrogens with one attached hydrogen (secondary N) is 1. The van der Waals surface area contributed by atoms with E-state index in [0.29, 0.717) is 16.6 Å². The molecule has 0 aliphatic heterocycles. The second-order valence-electron chi connectivity index (χ2n) is 8.00. The number of nitrogen functional groups attached to an aromatic ring is 1. The molecule has 4 rings (SSSR count). The molecule has 0 fully saturated rings. The predicted molar refractivity (Wildman–Crippen MR) is 127 cm³/mol. The summed E-state index contributed by atoms with van der Waals surface area (Å²) >= 11 is 0. The number of nitrogens with zero attached hydrogens (tertiary/aromatic N) is 3. The Bertz CT molecular complexity index is 1530. The molecule has 0 unspecified atom stereocenters. The highest BCUT2D eigenvalue weighted by Gasteiger charge is 2.21. The first-order valence-electron chi connectivity index (χ1n) is 10.3. The number of aromatic nitrogens is 3. The molecule has 4 aromatic rings. The van der Waals surface area contributed by atoms with Gasteiger partial charge in [-0.05, 0) is 43.2 Å². The molecule has 176 valence electrons. The molecule has 34 heavy (non-hydrogen) atoms. The van der Waals surface area contributed by atoms with Crippen molar-refractivity contribution in [2.24, 2.45) is 0 Å². The summed E-state index contributed by atoms with van der Waals surface area (Å²) in [4.78, 5) is 21.2. The van der Waals surface area contributed by atoms with E-state index in [-0.39, 0.29) is 23.1 Å². The lowest BCUT2D eigenvalue weighted by molar-refractivity contribution is 0.582. The summed E-state index contributed by atoms with van der Waals surface area (Å²) in [5, 5.41) is 0.450. The second kappa shape index (κ2) is 8.82. The molecule has 3 N–H and O–H groups in total. The number of halogens is 2. The Kier molecular flexibility index (Phi) is 6.05. The van der Waals surface area contributed by atoms with Crippen molar-refractivity contribution in [1.29, 1.82) is 0 Å². The van der Waals surface area contributed by atoms with E-state index in [0.717, 1.165) is 12.1 Å². The van der Waals surface area contributed by atoms with Gasteiger partial charge in [0.25, 0.3) is 5.56 Å². The van der Waals surface area contributed by atoms with Gasteiger partial charge in [-0.25, -0.2) is 22.2 Å². The van der Waals surface area contributed by atoms with Gasteiger partial charge in [-0.3, -0.25) is 14.1 Å². The van der Waals surface area contributed by atoms with Crippen molar-refractivity contribution in [3.8, 4) is 11.1 Å². The molecule has 0 amide bonds. The Balaban J connectivity index is 1.77. The Morgan fingerprint density at radius 1 is 1.09 bits per heavy atom. The molecule has 0 spiro atoms. The van der Waals surface area contributed by atoms with Gasteiger partial charge >= 0.3 is 0 Å². The van der Waals surface area contributed by atoms with E-state index in [1.165, 1.54) is 16.8 Å². The van der Waals surface area contributed by atoms with Crippen molar-refractivity contribution in [2.45, 2.75) is 25.6 Å². The largest absolute Gasteiger partial charge is 0.368 e. The molecule has 8 nitrogen and oxygen atoms in total. The fourth-order valence-electron chi connectivity index (χ4n) is 3.63. The lowest BCUT2D eigenvalue weighted by atomic mass is 10.0. The van der Waals surface area contributed by atoms with Crippen molar-refractivity contribution < 1.29 is 17.2 Å². The zero-order valence-corrected chi connectivity index (χ0v) is 19.1. The first-order chi connectivity index (χ1) is 16.1. The number of anilines is 2. The van der Waals surface area contributed by atoms with Gasteiger partial charge in [0.05, 0.1) is 5.75 Å². The van der Waals surface area contributed by atoms with E-state index >= 15 is 0 Å². The monoisotopic (exact) mass is 485 g/mol. The Hall–Kier alpha value is -3.86.